The first-order valence-corrected chi connectivity index (χ1v) is 4.65. The average molecular weight is 166 g/mol. The average Bonchev–Trinajstić information content (AvgIpc) is 2.17. The summed E-state index contributed by atoms with van der Waals surface area (Å²) in [5.74, 6) is 0. The van der Waals surface area contributed by atoms with Crippen LogP contribution in [-0.4, -0.2) is 36.7 Å². The lowest BCUT2D eigenvalue weighted by molar-refractivity contribution is -0.0521. The van der Waals surface area contributed by atoms with Crippen LogP contribution in [0.5, 0.6) is 0 Å². The van der Waals surface area contributed by atoms with E-state index in [0.29, 0.717) is 6.04 Å². The molecule has 0 radical (unpaired) electrons. The molecule has 0 N–H and O–H groups in total. The fraction of sp³-hybridized carbons (Fsp3) is 0.889. The molecule has 2 rings (SSSR count). The number of hydrogen-bond donors (Lipinski definition) is 0. The first-order chi connectivity index (χ1) is 5.90. The van der Waals surface area contributed by atoms with Gasteiger partial charge in [-0.05, 0) is 19.4 Å². The van der Waals surface area contributed by atoms with Crippen molar-refractivity contribution in [3.8, 4) is 6.07 Å². The van der Waals surface area contributed by atoms with Crippen LogP contribution in [0.25, 0.3) is 0 Å². The third-order valence-corrected chi connectivity index (χ3v) is 2.78. The van der Waals surface area contributed by atoms with Gasteiger partial charge in [0.05, 0.1) is 12.7 Å². The zero-order chi connectivity index (χ0) is 8.39. The van der Waals surface area contributed by atoms with Crippen molar-refractivity contribution in [2.24, 2.45) is 0 Å². The molecule has 66 valence electrons. The van der Waals surface area contributed by atoms with Gasteiger partial charge in [0.15, 0.2) is 6.10 Å². The van der Waals surface area contributed by atoms with Crippen LogP contribution in [0.4, 0.5) is 0 Å². The molecule has 2 saturated heterocycles. The predicted molar refractivity (Wildman–Crippen MR) is 44.6 cm³/mol. The van der Waals surface area contributed by atoms with Crippen molar-refractivity contribution in [2.45, 2.75) is 31.4 Å². The van der Waals surface area contributed by atoms with Gasteiger partial charge in [-0.2, -0.15) is 5.26 Å². The fourth-order valence-corrected chi connectivity index (χ4v) is 2.06. The summed E-state index contributed by atoms with van der Waals surface area (Å²) in [6.07, 6.45) is 3.67. The number of hydrogen-bond acceptors (Lipinski definition) is 3. The van der Waals surface area contributed by atoms with Crippen LogP contribution in [0, 0.1) is 11.3 Å². The molecule has 0 saturated carbocycles. The van der Waals surface area contributed by atoms with E-state index in [-0.39, 0.29) is 6.10 Å². The molecule has 0 aromatic carbocycles. The molecule has 2 fully saturated rings. The van der Waals surface area contributed by atoms with Crippen molar-refractivity contribution in [3.05, 3.63) is 0 Å². The van der Waals surface area contributed by atoms with Gasteiger partial charge in [0.25, 0.3) is 0 Å². The van der Waals surface area contributed by atoms with E-state index in [2.05, 4.69) is 11.0 Å². The number of ether oxygens (including phenoxy) is 1. The van der Waals surface area contributed by atoms with Crippen molar-refractivity contribution >= 4 is 0 Å². The summed E-state index contributed by atoms with van der Waals surface area (Å²) in [4.78, 5) is 2.40. The molecule has 2 aliphatic heterocycles. The van der Waals surface area contributed by atoms with Gasteiger partial charge in [0.1, 0.15) is 0 Å². The largest absolute Gasteiger partial charge is 0.360 e. The van der Waals surface area contributed by atoms with Gasteiger partial charge in [-0.15, -0.1) is 0 Å². The maximum atomic E-state index is 8.68. The Kier molecular flexibility index (Phi) is 2.29. The molecule has 0 bridgehead atoms. The summed E-state index contributed by atoms with van der Waals surface area (Å²) in [6.45, 7) is 2.74. The normalized spacial score (nSPS) is 36.9. The third-order valence-electron chi connectivity index (χ3n) is 2.78. The summed E-state index contributed by atoms with van der Waals surface area (Å²) in [6, 6.07) is 2.77. The quantitative estimate of drug-likeness (QED) is 0.533. The molecule has 0 aromatic heterocycles. The van der Waals surface area contributed by atoms with Crippen molar-refractivity contribution in [2.75, 3.05) is 19.7 Å². The number of nitrogens with zero attached hydrogens (tertiary/aromatic N) is 2. The van der Waals surface area contributed by atoms with Crippen molar-refractivity contribution in [1.29, 1.82) is 5.26 Å². The van der Waals surface area contributed by atoms with Crippen LogP contribution in [0.3, 0.4) is 0 Å². The molecule has 2 atom stereocenters. The molecule has 3 nitrogen and oxygen atoms in total. The predicted octanol–water partition coefficient (Wildman–Crippen LogP) is 0.763. The van der Waals surface area contributed by atoms with Gasteiger partial charge in [0.2, 0.25) is 0 Å². The second-order valence-corrected chi connectivity index (χ2v) is 3.60. The summed E-state index contributed by atoms with van der Waals surface area (Å²) in [5, 5.41) is 8.68. The van der Waals surface area contributed by atoms with E-state index in [1.807, 2.05) is 0 Å². The summed E-state index contributed by atoms with van der Waals surface area (Å²) in [7, 11) is 0. The maximum Gasteiger partial charge on any atom is 0.156 e. The monoisotopic (exact) mass is 166 g/mol. The van der Waals surface area contributed by atoms with Gasteiger partial charge in [-0.1, -0.05) is 6.42 Å². The molecule has 3 heteroatoms. The lowest BCUT2D eigenvalue weighted by Crippen LogP contribution is -2.51. The van der Waals surface area contributed by atoms with Gasteiger partial charge in [-0.25, -0.2) is 0 Å². The SMILES string of the molecule is N#C[C@H]1CN2CCCC[C@@H]2CO1. The van der Waals surface area contributed by atoms with E-state index in [1.165, 1.54) is 19.3 Å². The van der Waals surface area contributed by atoms with Crippen molar-refractivity contribution < 1.29 is 4.74 Å². The van der Waals surface area contributed by atoms with E-state index in [4.69, 9.17) is 10.00 Å². The Hall–Kier alpha value is -0.590. The van der Waals surface area contributed by atoms with Gasteiger partial charge < -0.3 is 4.74 Å². The van der Waals surface area contributed by atoms with Crippen molar-refractivity contribution in [1.82, 2.24) is 4.90 Å². The Bertz CT molecular complexity index is 199. The summed E-state index contributed by atoms with van der Waals surface area (Å²) in [5.41, 5.74) is 0. The minimum atomic E-state index is -0.181. The second kappa shape index (κ2) is 3.42. The van der Waals surface area contributed by atoms with Crippen LogP contribution in [-0.2, 0) is 4.74 Å². The summed E-state index contributed by atoms with van der Waals surface area (Å²) >= 11 is 0. The van der Waals surface area contributed by atoms with E-state index >= 15 is 0 Å². The van der Waals surface area contributed by atoms with Crippen LogP contribution in [0.1, 0.15) is 19.3 Å². The van der Waals surface area contributed by atoms with Gasteiger partial charge in [0, 0.05) is 12.6 Å². The fourth-order valence-electron chi connectivity index (χ4n) is 2.06. The van der Waals surface area contributed by atoms with Crippen LogP contribution in [0.15, 0.2) is 0 Å². The minimum absolute atomic E-state index is 0.181. The second-order valence-electron chi connectivity index (χ2n) is 3.60. The Labute approximate surface area is 72.9 Å². The Balaban J connectivity index is 1.95. The Morgan fingerprint density at radius 3 is 3.17 bits per heavy atom. The number of fused-ring (bicyclic) bond motifs is 1. The molecule has 0 unspecified atom stereocenters. The molecule has 0 amide bonds. The molecule has 12 heavy (non-hydrogen) atoms. The Morgan fingerprint density at radius 1 is 1.42 bits per heavy atom. The standard InChI is InChI=1S/C9H14N2O/c10-5-9-6-11-4-2-1-3-8(11)7-12-9/h8-9H,1-4,6-7H2/t8-,9+/m1/s1. The molecule has 2 aliphatic rings. The molecular formula is C9H14N2O. The molecule has 2 heterocycles. The molecule has 0 aliphatic carbocycles. The third kappa shape index (κ3) is 1.45. The number of piperidine rings is 1. The molecule has 0 spiro atoms. The zero-order valence-electron chi connectivity index (χ0n) is 7.20. The highest BCUT2D eigenvalue weighted by Gasteiger charge is 2.30. The zero-order valence-corrected chi connectivity index (χ0v) is 7.20. The smallest absolute Gasteiger partial charge is 0.156 e. The van der Waals surface area contributed by atoms with E-state index in [9.17, 15) is 0 Å². The Morgan fingerprint density at radius 2 is 2.33 bits per heavy atom. The topological polar surface area (TPSA) is 36.3 Å². The van der Waals surface area contributed by atoms with Crippen LogP contribution in [0.2, 0.25) is 0 Å². The minimum Gasteiger partial charge on any atom is -0.360 e. The van der Waals surface area contributed by atoms with Crippen LogP contribution < -0.4 is 0 Å². The summed E-state index contributed by atoms with van der Waals surface area (Å²) < 4.78 is 5.39. The molecular weight excluding hydrogens is 152 g/mol. The lowest BCUT2D eigenvalue weighted by Gasteiger charge is -2.40. The lowest BCUT2D eigenvalue weighted by atomic mass is 10.0. The number of rotatable bonds is 0. The first-order valence-electron chi connectivity index (χ1n) is 4.65. The number of morpholine rings is 1. The highest BCUT2D eigenvalue weighted by Crippen LogP contribution is 2.21. The van der Waals surface area contributed by atoms with Gasteiger partial charge in [-0.3, -0.25) is 4.90 Å². The van der Waals surface area contributed by atoms with Gasteiger partial charge >= 0.3 is 0 Å². The highest BCUT2D eigenvalue weighted by atomic mass is 16.5. The van der Waals surface area contributed by atoms with E-state index in [0.717, 1.165) is 19.7 Å². The molecule has 0 aromatic rings. The van der Waals surface area contributed by atoms with Crippen LogP contribution >= 0.6 is 0 Å². The maximum absolute atomic E-state index is 8.68. The van der Waals surface area contributed by atoms with Crippen molar-refractivity contribution in [3.63, 3.8) is 0 Å². The van der Waals surface area contributed by atoms with E-state index < -0.39 is 0 Å². The first kappa shape index (κ1) is 8.03. The van der Waals surface area contributed by atoms with E-state index in [1.54, 1.807) is 0 Å². The number of nitriles is 1. The highest BCUT2D eigenvalue weighted by molar-refractivity contribution is 4.93.